The van der Waals surface area contributed by atoms with Crippen LogP contribution in [0.25, 0.3) is 0 Å². The molecule has 0 unspecified atom stereocenters. The predicted octanol–water partition coefficient (Wildman–Crippen LogP) is 2.92. The molecule has 0 radical (unpaired) electrons. The van der Waals surface area contributed by atoms with E-state index in [1.54, 1.807) is 6.21 Å². The van der Waals surface area contributed by atoms with Gasteiger partial charge in [0.2, 0.25) is 0 Å². The number of nitrogens with zero attached hydrogens (tertiary/aromatic N) is 2. The Hall–Kier alpha value is -1.39. The summed E-state index contributed by atoms with van der Waals surface area (Å²) in [4.78, 5) is 12.7. The van der Waals surface area contributed by atoms with Gasteiger partial charge in [0, 0.05) is 12.3 Å². The van der Waals surface area contributed by atoms with E-state index in [2.05, 4.69) is 10.4 Å². The van der Waals surface area contributed by atoms with Crippen molar-refractivity contribution in [2.45, 2.75) is 49.6 Å². The highest BCUT2D eigenvalue weighted by Crippen LogP contribution is 2.23. The zero-order valence-electron chi connectivity index (χ0n) is 11.9. The summed E-state index contributed by atoms with van der Waals surface area (Å²) in [5.74, 6) is -0.0747. The Kier molecular flexibility index (Phi) is 4.56. The van der Waals surface area contributed by atoms with E-state index in [4.69, 9.17) is 11.6 Å². The van der Waals surface area contributed by atoms with Crippen molar-refractivity contribution in [3.8, 4) is 0 Å². The molecule has 1 fully saturated rings. The van der Waals surface area contributed by atoms with Crippen molar-refractivity contribution in [1.29, 1.82) is 0 Å². The molecular formula is C16H20ClN3O. The van der Waals surface area contributed by atoms with Crippen molar-refractivity contribution >= 4 is 29.4 Å². The minimum atomic E-state index is -0.396. The van der Waals surface area contributed by atoms with Crippen LogP contribution in [-0.2, 0) is 4.79 Å². The Morgan fingerprint density at radius 1 is 1.14 bits per heavy atom. The Morgan fingerprint density at radius 3 is 2.57 bits per heavy atom. The number of halogens is 1. The molecule has 1 saturated carbocycles. The van der Waals surface area contributed by atoms with Crippen LogP contribution in [0.1, 0.15) is 32.1 Å². The number of benzene rings is 1. The first-order valence-electron chi connectivity index (χ1n) is 7.59. The highest BCUT2D eigenvalue weighted by Gasteiger charge is 2.35. The van der Waals surface area contributed by atoms with Crippen molar-refractivity contribution in [3.63, 3.8) is 0 Å². The van der Waals surface area contributed by atoms with Crippen molar-refractivity contribution in [2.24, 2.45) is 5.10 Å². The summed E-state index contributed by atoms with van der Waals surface area (Å²) in [5, 5.41) is 8.69. The van der Waals surface area contributed by atoms with Gasteiger partial charge in [0.25, 0.3) is 5.91 Å². The number of amides is 1. The Bertz CT molecular complexity index is 514. The smallest absolute Gasteiger partial charge is 0.266 e. The molecule has 112 valence electrons. The highest BCUT2D eigenvalue weighted by atomic mass is 35.5. The summed E-state index contributed by atoms with van der Waals surface area (Å²) < 4.78 is 0. The van der Waals surface area contributed by atoms with E-state index in [9.17, 15) is 4.79 Å². The first-order chi connectivity index (χ1) is 10.3. The average Bonchev–Trinajstić information content (AvgIpc) is 2.53. The number of anilines is 1. The summed E-state index contributed by atoms with van der Waals surface area (Å²) >= 11 is 6.29. The Morgan fingerprint density at radius 2 is 1.86 bits per heavy atom. The fourth-order valence-corrected chi connectivity index (χ4v) is 3.22. The summed E-state index contributed by atoms with van der Waals surface area (Å²) in [6.07, 6.45) is 7.63. The van der Waals surface area contributed by atoms with Crippen molar-refractivity contribution < 1.29 is 4.79 Å². The second-order valence-corrected chi connectivity index (χ2v) is 6.18. The number of carbonyl (C=O) groups excluding carboxylic acids is 1. The number of hydrazone groups is 1. The Labute approximate surface area is 130 Å². The van der Waals surface area contributed by atoms with Crippen molar-refractivity contribution in [2.75, 3.05) is 5.01 Å². The average molecular weight is 306 g/mol. The van der Waals surface area contributed by atoms with Crippen molar-refractivity contribution in [3.05, 3.63) is 30.3 Å². The maximum Gasteiger partial charge on any atom is 0.266 e. The van der Waals surface area contributed by atoms with Crippen LogP contribution in [0.15, 0.2) is 35.4 Å². The maximum atomic E-state index is 12.7. The molecule has 2 atom stereocenters. The summed E-state index contributed by atoms with van der Waals surface area (Å²) in [6.45, 7) is 0. The number of hydrogen-bond acceptors (Lipinski definition) is 3. The molecule has 1 aliphatic heterocycles. The second-order valence-electron chi connectivity index (χ2n) is 5.67. The molecule has 1 aliphatic carbocycles. The van der Waals surface area contributed by atoms with Crippen LogP contribution >= 0.6 is 11.6 Å². The summed E-state index contributed by atoms with van der Waals surface area (Å²) in [7, 11) is 0. The van der Waals surface area contributed by atoms with Crippen LogP contribution in [0, 0.1) is 0 Å². The van der Waals surface area contributed by atoms with E-state index in [0.717, 1.165) is 18.5 Å². The summed E-state index contributed by atoms with van der Waals surface area (Å²) in [5.41, 5.74) is 0.776. The quantitative estimate of drug-likeness (QED) is 0.873. The number of hydrogen-bond donors (Lipinski definition) is 1. The minimum Gasteiger partial charge on any atom is -0.301 e. The first kappa shape index (κ1) is 14.5. The topological polar surface area (TPSA) is 44.7 Å². The van der Waals surface area contributed by atoms with Crippen LogP contribution in [-0.4, -0.2) is 29.6 Å². The number of nitrogens with one attached hydrogen (secondary N) is 1. The fraction of sp³-hybridized carbons (Fsp3) is 0.500. The van der Waals surface area contributed by atoms with Gasteiger partial charge in [-0.25, -0.2) is 0 Å². The number of para-hydroxylation sites is 1. The van der Waals surface area contributed by atoms with E-state index < -0.39 is 6.04 Å². The van der Waals surface area contributed by atoms with Gasteiger partial charge >= 0.3 is 0 Å². The van der Waals surface area contributed by atoms with E-state index >= 15 is 0 Å². The third-order valence-corrected chi connectivity index (χ3v) is 4.50. The van der Waals surface area contributed by atoms with E-state index in [1.165, 1.54) is 24.3 Å². The molecule has 21 heavy (non-hydrogen) atoms. The predicted molar refractivity (Wildman–Crippen MR) is 85.9 cm³/mol. The SMILES string of the molecule is O=C1[C@@H](NC2CCCCC2)[C@@H](Cl)C=NN1c1ccccc1. The second kappa shape index (κ2) is 6.58. The number of alkyl halides is 1. The Balaban J connectivity index is 1.75. The lowest BCUT2D eigenvalue weighted by atomic mass is 9.94. The highest BCUT2D eigenvalue weighted by molar-refractivity contribution is 6.31. The normalized spacial score (nSPS) is 27.1. The van der Waals surface area contributed by atoms with Gasteiger partial charge in [-0.3, -0.25) is 4.79 Å². The van der Waals surface area contributed by atoms with Crippen LogP contribution in [0.3, 0.4) is 0 Å². The van der Waals surface area contributed by atoms with Gasteiger partial charge in [0.15, 0.2) is 0 Å². The van der Waals surface area contributed by atoms with Crippen LogP contribution in [0.2, 0.25) is 0 Å². The molecule has 5 heteroatoms. The molecule has 0 bridgehead atoms. The standard InChI is InChI=1S/C16H20ClN3O/c17-14-11-18-20(13-9-5-2-6-10-13)16(21)15(14)19-12-7-3-1-4-8-12/h2,5-6,9-12,14-15,19H,1,3-4,7-8H2/t14-,15-/m0/s1. The molecule has 1 aromatic rings. The number of carbonyl (C=O) groups is 1. The van der Waals surface area contributed by atoms with Gasteiger partial charge in [-0.2, -0.15) is 10.1 Å². The minimum absolute atomic E-state index is 0.0747. The van der Waals surface area contributed by atoms with Crippen LogP contribution < -0.4 is 10.3 Å². The third-order valence-electron chi connectivity index (χ3n) is 4.14. The molecule has 1 N–H and O–H groups in total. The fourth-order valence-electron chi connectivity index (χ4n) is 2.99. The largest absolute Gasteiger partial charge is 0.301 e. The zero-order chi connectivity index (χ0) is 14.7. The van der Waals surface area contributed by atoms with Crippen LogP contribution in [0.5, 0.6) is 0 Å². The molecule has 1 amide bonds. The van der Waals surface area contributed by atoms with Gasteiger partial charge in [-0.15, -0.1) is 11.6 Å². The number of rotatable bonds is 3. The molecular weight excluding hydrogens is 286 g/mol. The molecule has 4 nitrogen and oxygen atoms in total. The monoisotopic (exact) mass is 305 g/mol. The lowest BCUT2D eigenvalue weighted by Gasteiger charge is -2.33. The van der Waals surface area contributed by atoms with E-state index in [-0.39, 0.29) is 11.3 Å². The van der Waals surface area contributed by atoms with Crippen molar-refractivity contribution in [1.82, 2.24) is 5.32 Å². The van der Waals surface area contributed by atoms with Crippen LogP contribution in [0.4, 0.5) is 5.69 Å². The van der Waals surface area contributed by atoms with Gasteiger partial charge in [0.05, 0.1) is 11.1 Å². The van der Waals surface area contributed by atoms with Gasteiger partial charge in [-0.05, 0) is 25.0 Å². The first-order valence-corrected chi connectivity index (χ1v) is 8.02. The molecule has 1 aromatic carbocycles. The van der Waals surface area contributed by atoms with Gasteiger partial charge < -0.3 is 5.32 Å². The van der Waals surface area contributed by atoms with E-state index in [0.29, 0.717) is 6.04 Å². The lowest BCUT2D eigenvalue weighted by molar-refractivity contribution is -0.120. The molecule has 3 rings (SSSR count). The molecule has 2 aliphatic rings. The van der Waals surface area contributed by atoms with Gasteiger partial charge in [0.1, 0.15) is 6.04 Å². The third kappa shape index (κ3) is 3.27. The summed E-state index contributed by atoms with van der Waals surface area (Å²) in [6, 6.07) is 9.46. The molecule has 0 saturated heterocycles. The maximum absolute atomic E-state index is 12.7. The molecule has 0 spiro atoms. The molecule has 0 aromatic heterocycles. The van der Waals surface area contributed by atoms with E-state index in [1.807, 2.05) is 30.3 Å². The molecule has 1 heterocycles. The lowest BCUT2D eigenvalue weighted by Crippen LogP contribution is -2.56. The van der Waals surface area contributed by atoms with Gasteiger partial charge in [-0.1, -0.05) is 37.5 Å². The zero-order valence-corrected chi connectivity index (χ0v) is 12.7.